The fourth-order valence-corrected chi connectivity index (χ4v) is 7.67. The van der Waals surface area contributed by atoms with Crippen molar-refractivity contribution in [2.24, 2.45) is 11.8 Å². The molecule has 212 valence electrons. The van der Waals surface area contributed by atoms with Gasteiger partial charge in [0.2, 0.25) is 5.88 Å². The van der Waals surface area contributed by atoms with Crippen molar-refractivity contribution in [1.82, 2.24) is 9.88 Å². The summed E-state index contributed by atoms with van der Waals surface area (Å²) in [6.07, 6.45) is -0.509. The van der Waals surface area contributed by atoms with E-state index in [-0.39, 0.29) is 50.1 Å². The van der Waals surface area contributed by atoms with Crippen LogP contribution in [0.4, 0.5) is 8.78 Å². The Morgan fingerprint density at radius 3 is 2.42 bits per heavy atom. The van der Waals surface area contributed by atoms with Crippen LogP contribution in [0.15, 0.2) is 65.1 Å². The van der Waals surface area contributed by atoms with Gasteiger partial charge in [0, 0.05) is 67.4 Å². The van der Waals surface area contributed by atoms with E-state index in [1.807, 2.05) is 59.5 Å². The van der Waals surface area contributed by atoms with Crippen molar-refractivity contribution in [3.63, 3.8) is 0 Å². The average molecular weight is 636 g/mol. The lowest BCUT2D eigenvalue weighted by Crippen LogP contribution is -2.53. The zero-order valence-electron chi connectivity index (χ0n) is 21.9. The number of hydrogen-bond donors (Lipinski definition) is 2. The quantitative estimate of drug-likeness (QED) is 0.337. The second kappa shape index (κ2) is 10.2. The summed E-state index contributed by atoms with van der Waals surface area (Å²) in [5, 5.41) is 24.4. The van der Waals surface area contributed by atoms with Crippen LogP contribution in [0, 0.1) is 11.8 Å². The van der Waals surface area contributed by atoms with Gasteiger partial charge in [0.25, 0.3) is 5.92 Å². The number of nitrogens with zero attached hydrogens (tertiary/aromatic N) is 2. The van der Waals surface area contributed by atoms with Gasteiger partial charge in [-0.3, -0.25) is 0 Å². The maximum Gasteiger partial charge on any atom is 0.250 e. The molecule has 0 amide bonds. The van der Waals surface area contributed by atoms with Crippen LogP contribution in [0.25, 0.3) is 0 Å². The van der Waals surface area contributed by atoms with E-state index in [4.69, 9.17) is 21.1 Å². The second-order valence-corrected chi connectivity index (χ2v) is 12.2. The highest BCUT2D eigenvalue weighted by molar-refractivity contribution is 9.10. The summed E-state index contributed by atoms with van der Waals surface area (Å²) in [6, 6.07) is 18.8. The minimum absolute atomic E-state index is 0.129. The fraction of sp³-hybridized carbons (Fsp3) is 0.433. The topological polar surface area (TPSA) is 75.1 Å². The van der Waals surface area contributed by atoms with Crippen LogP contribution >= 0.6 is 27.5 Å². The number of alkyl halides is 2. The van der Waals surface area contributed by atoms with Gasteiger partial charge in [-0.25, -0.2) is 13.8 Å². The highest BCUT2D eigenvalue weighted by Gasteiger charge is 2.76. The molecule has 2 aliphatic heterocycles. The maximum absolute atomic E-state index is 14.1. The van der Waals surface area contributed by atoms with Gasteiger partial charge in [-0.2, -0.15) is 0 Å². The first-order chi connectivity index (χ1) is 19.1. The van der Waals surface area contributed by atoms with Crippen LogP contribution in [-0.4, -0.2) is 59.4 Å². The molecule has 0 spiro atoms. The van der Waals surface area contributed by atoms with Crippen LogP contribution in [0.2, 0.25) is 5.15 Å². The Balaban J connectivity index is 1.61. The van der Waals surface area contributed by atoms with E-state index in [9.17, 15) is 19.0 Å². The number of pyridine rings is 1. The molecule has 1 aliphatic carbocycles. The largest absolute Gasteiger partial charge is 0.481 e. The molecule has 1 aromatic heterocycles. The SMILES string of the molecule is COc1nc(Cl)cc2c1C1(O)C(CN3CCC(F)(F)CC3)C(CO)C(c3ccccc3)C1(c1ccc(Br)cc1)O2. The van der Waals surface area contributed by atoms with E-state index < -0.39 is 34.9 Å². The fourth-order valence-electron chi connectivity index (χ4n) is 7.23. The summed E-state index contributed by atoms with van der Waals surface area (Å²) in [5.74, 6) is -3.88. The molecule has 3 aliphatic rings. The Morgan fingerprint density at radius 1 is 1.12 bits per heavy atom. The molecule has 2 N–H and O–H groups in total. The zero-order chi connectivity index (χ0) is 28.3. The van der Waals surface area contributed by atoms with Gasteiger partial charge < -0.3 is 24.6 Å². The third-order valence-electron chi connectivity index (χ3n) is 8.94. The van der Waals surface area contributed by atoms with E-state index in [0.29, 0.717) is 16.9 Å². The Hall–Kier alpha value is -2.30. The summed E-state index contributed by atoms with van der Waals surface area (Å²) in [5.41, 5.74) is -1.23. The van der Waals surface area contributed by atoms with Crippen molar-refractivity contribution < 1.29 is 28.5 Å². The lowest BCUT2D eigenvalue weighted by molar-refractivity contribution is -0.136. The third kappa shape index (κ3) is 4.16. The molecule has 10 heteroatoms. The van der Waals surface area contributed by atoms with Crippen molar-refractivity contribution in [2.45, 2.75) is 35.9 Å². The lowest BCUT2D eigenvalue weighted by atomic mass is 9.70. The van der Waals surface area contributed by atoms with Gasteiger partial charge in [-0.15, -0.1) is 0 Å². The molecule has 2 fully saturated rings. The van der Waals surface area contributed by atoms with E-state index in [1.54, 1.807) is 6.07 Å². The van der Waals surface area contributed by atoms with Crippen LogP contribution in [0.1, 0.15) is 35.4 Å². The molecule has 6 rings (SSSR count). The molecular formula is C30H30BrClF2N2O4. The predicted molar refractivity (Wildman–Crippen MR) is 150 cm³/mol. The van der Waals surface area contributed by atoms with Gasteiger partial charge in [0.1, 0.15) is 16.5 Å². The Bertz CT molecular complexity index is 1390. The molecule has 40 heavy (non-hydrogen) atoms. The number of methoxy groups -OCH3 is 1. The van der Waals surface area contributed by atoms with Gasteiger partial charge in [0.15, 0.2) is 5.60 Å². The number of piperidine rings is 1. The zero-order valence-corrected chi connectivity index (χ0v) is 24.2. The summed E-state index contributed by atoms with van der Waals surface area (Å²) in [4.78, 5) is 6.33. The number of fused-ring (bicyclic) bond motifs is 3. The number of halogens is 4. The van der Waals surface area contributed by atoms with Crippen LogP contribution in [0.3, 0.4) is 0 Å². The van der Waals surface area contributed by atoms with Gasteiger partial charge >= 0.3 is 0 Å². The first-order valence-electron chi connectivity index (χ1n) is 13.3. The molecular weight excluding hydrogens is 606 g/mol. The first-order valence-corrected chi connectivity index (χ1v) is 14.5. The van der Waals surface area contributed by atoms with E-state index in [1.165, 1.54) is 7.11 Å². The molecule has 0 radical (unpaired) electrons. The summed E-state index contributed by atoms with van der Waals surface area (Å²) < 4.78 is 41.6. The molecule has 6 nitrogen and oxygen atoms in total. The van der Waals surface area contributed by atoms with E-state index in [2.05, 4.69) is 20.9 Å². The number of ether oxygens (including phenoxy) is 2. The van der Waals surface area contributed by atoms with Crippen molar-refractivity contribution in [3.8, 4) is 11.6 Å². The molecule has 1 saturated heterocycles. The summed E-state index contributed by atoms with van der Waals surface area (Å²) in [6.45, 7) is 0.385. The normalized spacial score (nSPS) is 30.9. The van der Waals surface area contributed by atoms with Crippen molar-refractivity contribution in [3.05, 3.63) is 87.0 Å². The van der Waals surface area contributed by atoms with Crippen LogP contribution in [0.5, 0.6) is 11.6 Å². The molecule has 1 saturated carbocycles. The molecule has 0 bridgehead atoms. The standard InChI is InChI=1S/C30H30BrClF2N2O4/c1-39-27-26-23(15-24(32)35-27)40-30(19-7-9-20(31)10-8-19)25(18-5-3-2-4-6-18)21(17-37)22(29(26,30)38)16-36-13-11-28(33,34)12-14-36/h2-10,15,21-22,25,37-38H,11-14,16-17H2,1H3. The minimum atomic E-state index is -2.71. The number of likely N-dealkylation sites (tertiary alicyclic amines) is 1. The summed E-state index contributed by atoms with van der Waals surface area (Å²) >= 11 is 9.88. The van der Waals surface area contributed by atoms with Gasteiger partial charge in [-0.1, -0.05) is 70.0 Å². The van der Waals surface area contributed by atoms with Gasteiger partial charge in [-0.05, 0) is 23.3 Å². The molecule has 5 unspecified atom stereocenters. The number of aliphatic hydroxyl groups excluding tert-OH is 1. The minimum Gasteiger partial charge on any atom is -0.481 e. The highest BCUT2D eigenvalue weighted by atomic mass is 79.9. The summed E-state index contributed by atoms with van der Waals surface area (Å²) in [7, 11) is 1.46. The number of rotatable bonds is 6. The van der Waals surface area contributed by atoms with Gasteiger partial charge in [0.05, 0.1) is 12.7 Å². The van der Waals surface area contributed by atoms with Crippen LogP contribution in [-0.2, 0) is 11.2 Å². The smallest absolute Gasteiger partial charge is 0.250 e. The molecule has 5 atom stereocenters. The monoisotopic (exact) mass is 634 g/mol. The van der Waals surface area contributed by atoms with E-state index >= 15 is 0 Å². The number of aromatic nitrogens is 1. The second-order valence-electron chi connectivity index (χ2n) is 10.9. The molecule has 2 aromatic carbocycles. The van der Waals surface area contributed by atoms with Crippen molar-refractivity contribution in [2.75, 3.05) is 33.4 Å². The molecule has 3 aromatic rings. The third-order valence-corrected chi connectivity index (χ3v) is 9.66. The lowest BCUT2D eigenvalue weighted by Gasteiger charge is -2.43. The number of aliphatic hydroxyl groups is 2. The van der Waals surface area contributed by atoms with Crippen molar-refractivity contribution >= 4 is 27.5 Å². The van der Waals surface area contributed by atoms with E-state index in [0.717, 1.165) is 10.0 Å². The van der Waals surface area contributed by atoms with Crippen molar-refractivity contribution in [1.29, 1.82) is 0 Å². The van der Waals surface area contributed by atoms with Crippen LogP contribution < -0.4 is 9.47 Å². The number of hydrogen-bond acceptors (Lipinski definition) is 6. The predicted octanol–water partition coefficient (Wildman–Crippen LogP) is 5.73. The average Bonchev–Trinajstić information content (AvgIpc) is 3.32. The number of benzene rings is 2. The highest BCUT2D eigenvalue weighted by Crippen LogP contribution is 2.72. The molecule has 3 heterocycles. The Kier molecular flexibility index (Phi) is 7.11. The maximum atomic E-state index is 14.1. The Labute approximate surface area is 245 Å². The Morgan fingerprint density at radius 2 is 1.80 bits per heavy atom. The first kappa shape index (κ1) is 27.8.